The van der Waals surface area contributed by atoms with Crippen LogP contribution in [0.4, 0.5) is 0 Å². The van der Waals surface area contributed by atoms with Crippen molar-refractivity contribution < 1.29 is 9.53 Å². The molecular formula is C13H22O2. The van der Waals surface area contributed by atoms with Crippen LogP contribution in [0.25, 0.3) is 0 Å². The Bertz CT molecular complexity index is 235. The van der Waals surface area contributed by atoms with Gasteiger partial charge in [0.05, 0.1) is 0 Å². The number of carbonyl (C=O) groups excluding carboxylic acids is 1. The molecule has 0 aromatic rings. The van der Waals surface area contributed by atoms with Gasteiger partial charge in [0.25, 0.3) is 0 Å². The van der Waals surface area contributed by atoms with Gasteiger partial charge in [0.15, 0.2) is 0 Å². The van der Waals surface area contributed by atoms with Crippen LogP contribution in [0.15, 0.2) is 12.7 Å². The van der Waals surface area contributed by atoms with Crippen LogP contribution < -0.4 is 0 Å². The summed E-state index contributed by atoms with van der Waals surface area (Å²) >= 11 is 0. The first-order chi connectivity index (χ1) is 7.04. The fourth-order valence-corrected chi connectivity index (χ4v) is 2.48. The lowest BCUT2D eigenvalue weighted by Crippen LogP contribution is -2.35. The zero-order chi connectivity index (χ0) is 11.4. The van der Waals surface area contributed by atoms with E-state index in [2.05, 4.69) is 20.4 Å². The molecule has 1 saturated carbocycles. The van der Waals surface area contributed by atoms with Gasteiger partial charge in [-0.15, -0.1) is 6.58 Å². The van der Waals surface area contributed by atoms with E-state index in [1.54, 1.807) is 0 Å². The van der Waals surface area contributed by atoms with E-state index in [9.17, 15) is 4.79 Å². The normalized spacial score (nSPS) is 33.1. The fraction of sp³-hybridized carbons (Fsp3) is 0.769. The van der Waals surface area contributed by atoms with Crippen LogP contribution >= 0.6 is 0 Å². The maximum absolute atomic E-state index is 11.0. The van der Waals surface area contributed by atoms with Crippen LogP contribution in [0.3, 0.4) is 0 Å². The Labute approximate surface area is 92.7 Å². The number of allylic oxidation sites excluding steroid dienone is 1. The molecule has 2 nitrogen and oxygen atoms in total. The van der Waals surface area contributed by atoms with Gasteiger partial charge < -0.3 is 4.74 Å². The standard InChI is InChI=1S/C13H22O2/c1-5-10(3)12-7-6-9(2)8-13(12)15-11(4)14/h5,9-10,12-13H,1,6-8H2,2-4H3. The predicted octanol–water partition coefficient (Wildman–Crippen LogP) is 3.18. The summed E-state index contributed by atoms with van der Waals surface area (Å²) in [5, 5.41) is 0. The number of hydrogen-bond donors (Lipinski definition) is 0. The van der Waals surface area contributed by atoms with E-state index in [1.807, 2.05) is 6.08 Å². The third-order valence-corrected chi connectivity index (χ3v) is 3.47. The van der Waals surface area contributed by atoms with Crippen LogP contribution in [-0.2, 0) is 9.53 Å². The lowest BCUT2D eigenvalue weighted by Gasteiger charge is -2.36. The Balaban J connectivity index is 2.65. The lowest BCUT2D eigenvalue weighted by molar-refractivity contribution is -0.152. The Morgan fingerprint density at radius 3 is 2.73 bits per heavy atom. The molecule has 4 atom stereocenters. The first-order valence-electron chi connectivity index (χ1n) is 5.84. The molecule has 15 heavy (non-hydrogen) atoms. The molecule has 1 rings (SSSR count). The van der Waals surface area contributed by atoms with Gasteiger partial charge in [-0.1, -0.05) is 26.3 Å². The number of rotatable bonds is 3. The van der Waals surface area contributed by atoms with Gasteiger partial charge >= 0.3 is 5.97 Å². The molecule has 0 aromatic heterocycles. The Kier molecular flexibility index (Phi) is 4.37. The first-order valence-corrected chi connectivity index (χ1v) is 5.84. The second-order valence-corrected chi connectivity index (χ2v) is 4.82. The van der Waals surface area contributed by atoms with E-state index in [0.717, 1.165) is 12.8 Å². The predicted molar refractivity (Wildman–Crippen MR) is 61.4 cm³/mol. The smallest absolute Gasteiger partial charge is 0.302 e. The SMILES string of the molecule is C=CC(C)C1CCC(C)CC1OC(C)=O. The minimum absolute atomic E-state index is 0.0965. The van der Waals surface area contributed by atoms with E-state index >= 15 is 0 Å². The quantitative estimate of drug-likeness (QED) is 0.528. The summed E-state index contributed by atoms with van der Waals surface area (Å²) in [7, 11) is 0. The second kappa shape index (κ2) is 5.34. The second-order valence-electron chi connectivity index (χ2n) is 4.82. The highest BCUT2D eigenvalue weighted by Crippen LogP contribution is 2.35. The van der Waals surface area contributed by atoms with E-state index in [4.69, 9.17) is 4.74 Å². The molecule has 0 amide bonds. The number of hydrogen-bond acceptors (Lipinski definition) is 2. The molecule has 0 saturated heterocycles. The summed E-state index contributed by atoms with van der Waals surface area (Å²) in [5.41, 5.74) is 0. The van der Waals surface area contributed by atoms with E-state index in [0.29, 0.717) is 17.8 Å². The average molecular weight is 210 g/mol. The summed E-state index contributed by atoms with van der Waals surface area (Å²) in [6.07, 6.45) is 5.45. The first kappa shape index (κ1) is 12.3. The third kappa shape index (κ3) is 3.37. The maximum atomic E-state index is 11.0. The van der Waals surface area contributed by atoms with Crippen molar-refractivity contribution in [2.24, 2.45) is 17.8 Å². The van der Waals surface area contributed by atoms with Gasteiger partial charge in [-0.2, -0.15) is 0 Å². The van der Waals surface area contributed by atoms with Gasteiger partial charge in [-0.3, -0.25) is 4.79 Å². The Hall–Kier alpha value is -0.790. The molecule has 1 aliphatic carbocycles. The monoisotopic (exact) mass is 210 g/mol. The number of ether oxygens (including phenoxy) is 1. The third-order valence-electron chi connectivity index (χ3n) is 3.47. The van der Waals surface area contributed by atoms with Crippen molar-refractivity contribution in [2.75, 3.05) is 0 Å². The Morgan fingerprint density at radius 2 is 2.20 bits per heavy atom. The summed E-state index contributed by atoms with van der Waals surface area (Å²) in [4.78, 5) is 11.0. The molecule has 0 N–H and O–H groups in total. The highest BCUT2D eigenvalue weighted by Gasteiger charge is 2.33. The van der Waals surface area contributed by atoms with Crippen molar-refractivity contribution in [2.45, 2.75) is 46.1 Å². The highest BCUT2D eigenvalue weighted by atomic mass is 16.5. The molecule has 0 radical (unpaired) electrons. The van der Waals surface area contributed by atoms with Crippen LogP contribution in [-0.4, -0.2) is 12.1 Å². The van der Waals surface area contributed by atoms with Crippen molar-refractivity contribution in [1.29, 1.82) is 0 Å². The van der Waals surface area contributed by atoms with E-state index < -0.39 is 0 Å². The Morgan fingerprint density at radius 1 is 1.53 bits per heavy atom. The van der Waals surface area contributed by atoms with Gasteiger partial charge in [0.2, 0.25) is 0 Å². The fourth-order valence-electron chi connectivity index (χ4n) is 2.48. The van der Waals surface area contributed by atoms with E-state index in [-0.39, 0.29) is 12.1 Å². The van der Waals surface area contributed by atoms with Crippen molar-refractivity contribution in [3.63, 3.8) is 0 Å². The molecule has 0 aliphatic heterocycles. The minimum atomic E-state index is -0.157. The van der Waals surface area contributed by atoms with Crippen molar-refractivity contribution in [1.82, 2.24) is 0 Å². The van der Waals surface area contributed by atoms with Gasteiger partial charge in [0.1, 0.15) is 6.10 Å². The largest absolute Gasteiger partial charge is 0.462 e. The molecule has 2 heteroatoms. The maximum Gasteiger partial charge on any atom is 0.302 e. The summed E-state index contributed by atoms with van der Waals surface area (Å²) < 4.78 is 5.41. The highest BCUT2D eigenvalue weighted by molar-refractivity contribution is 5.66. The van der Waals surface area contributed by atoms with Crippen LogP contribution in [0.2, 0.25) is 0 Å². The minimum Gasteiger partial charge on any atom is -0.462 e. The molecule has 1 aliphatic rings. The molecule has 4 unspecified atom stereocenters. The summed E-state index contributed by atoms with van der Waals surface area (Å²) in [6, 6.07) is 0. The number of carbonyl (C=O) groups is 1. The van der Waals surface area contributed by atoms with Crippen LogP contribution in [0.5, 0.6) is 0 Å². The lowest BCUT2D eigenvalue weighted by atomic mass is 9.75. The molecule has 86 valence electrons. The zero-order valence-electron chi connectivity index (χ0n) is 10.0. The summed E-state index contributed by atoms with van der Waals surface area (Å²) in [6.45, 7) is 9.71. The van der Waals surface area contributed by atoms with Gasteiger partial charge in [-0.05, 0) is 24.7 Å². The van der Waals surface area contributed by atoms with Crippen molar-refractivity contribution >= 4 is 5.97 Å². The van der Waals surface area contributed by atoms with Crippen LogP contribution in [0.1, 0.15) is 40.0 Å². The summed E-state index contributed by atoms with van der Waals surface area (Å²) in [5.74, 6) is 1.41. The van der Waals surface area contributed by atoms with Crippen LogP contribution in [0, 0.1) is 17.8 Å². The zero-order valence-corrected chi connectivity index (χ0v) is 10.0. The molecule has 0 aromatic carbocycles. The molecule has 0 spiro atoms. The average Bonchev–Trinajstić information content (AvgIpc) is 2.16. The van der Waals surface area contributed by atoms with Crippen molar-refractivity contribution in [3.8, 4) is 0 Å². The van der Waals surface area contributed by atoms with E-state index in [1.165, 1.54) is 13.3 Å². The van der Waals surface area contributed by atoms with Gasteiger partial charge in [0, 0.05) is 12.8 Å². The number of esters is 1. The molecule has 0 heterocycles. The van der Waals surface area contributed by atoms with Crippen molar-refractivity contribution in [3.05, 3.63) is 12.7 Å². The van der Waals surface area contributed by atoms with Gasteiger partial charge in [-0.25, -0.2) is 0 Å². The molecule has 0 bridgehead atoms. The topological polar surface area (TPSA) is 26.3 Å². The molecule has 1 fully saturated rings. The molecular weight excluding hydrogens is 188 g/mol.